The zero-order valence-electron chi connectivity index (χ0n) is 13.2. The van der Waals surface area contributed by atoms with Gasteiger partial charge in [-0.2, -0.15) is 10.2 Å². The van der Waals surface area contributed by atoms with Crippen LogP contribution >= 0.6 is 0 Å². The fraction of sp³-hybridized carbons (Fsp3) is 0.125. The molecule has 126 valence electrons. The zero-order valence-corrected chi connectivity index (χ0v) is 13.2. The largest absolute Gasteiger partial charge is 0.505 e. The van der Waals surface area contributed by atoms with Crippen molar-refractivity contribution >= 4 is 34.9 Å². The molecule has 0 saturated heterocycles. The molecule has 1 aliphatic rings. The summed E-state index contributed by atoms with van der Waals surface area (Å²) in [6.07, 6.45) is 1.82. The Morgan fingerprint density at radius 2 is 1.92 bits per heavy atom. The molecule has 0 aliphatic carbocycles. The summed E-state index contributed by atoms with van der Waals surface area (Å²) < 4.78 is 0. The van der Waals surface area contributed by atoms with E-state index >= 15 is 0 Å². The molecule has 0 aromatic heterocycles. The molecule has 0 bridgehead atoms. The summed E-state index contributed by atoms with van der Waals surface area (Å²) in [7, 11) is 0. The monoisotopic (exact) mass is 339 g/mol. The van der Waals surface area contributed by atoms with Crippen molar-refractivity contribution in [3.8, 4) is 5.75 Å². The van der Waals surface area contributed by atoms with Crippen molar-refractivity contribution in [1.29, 1.82) is 0 Å². The number of hydrogen-bond donors (Lipinski definition) is 1. The molecule has 3 rings (SSSR count). The van der Waals surface area contributed by atoms with Crippen LogP contribution in [-0.2, 0) is 4.79 Å². The van der Waals surface area contributed by atoms with Gasteiger partial charge in [0.15, 0.2) is 0 Å². The highest BCUT2D eigenvalue weighted by molar-refractivity contribution is 6.05. The van der Waals surface area contributed by atoms with Gasteiger partial charge in [0.25, 0.3) is 11.6 Å². The van der Waals surface area contributed by atoms with E-state index in [1.54, 1.807) is 31.3 Å². The Bertz CT molecular complexity index is 923. The number of amides is 1. The fourth-order valence-corrected chi connectivity index (χ4v) is 2.26. The Morgan fingerprint density at radius 1 is 1.20 bits per heavy atom. The van der Waals surface area contributed by atoms with Gasteiger partial charge in [0.2, 0.25) is 0 Å². The van der Waals surface area contributed by atoms with Gasteiger partial charge in [-0.15, -0.1) is 5.11 Å². The van der Waals surface area contributed by atoms with Crippen LogP contribution in [0, 0.1) is 17.0 Å². The molecule has 1 heterocycles. The number of hydrazone groups is 1. The van der Waals surface area contributed by atoms with E-state index in [0.717, 1.165) is 11.6 Å². The van der Waals surface area contributed by atoms with E-state index in [-0.39, 0.29) is 29.5 Å². The minimum atomic E-state index is -0.606. The molecule has 25 heavy (non-hydrogen) atoms. The first-order valence-electron chi connectivity index (χ1n) is 7.31. The number of non-ortho nitro benzene ring substituents is 1. The summed E-state index contributed by atoms with van der Waals surface area (Å²) in [5.41, 5.74) is 1.82. The number of aromatic hydroxyl groups is 1. The number of nitro groups is 1. The third kappa shape index (κ3) is 3.34. The molecule has 9 nitrogen and oxygen atoms in total. The number of phenols is 1. The topological polar surface area (TPSA) is 121 Å². The lowest BCUT2D eigenvalue weighted by molar-refractivity contribution is -0.384. The Hall–Kier alpha value is -3.62. The van der Waals surface area contributed by atoms with Gasteiger partial charge in [0.05, 0.1) is 28.8 Å². The predicted molar refractivity (Wildman–Crippen MR) is 90.7 cm³/mol. The molecule has 0 fully saturated rings. The van der Waals surface area contributed by atoms with E-state index in [4.69, 9.17) is 0 Å². The summed E-state index contributed by atoms with van der Waals surface area (Å²) in [6, 6.07) is 8.69. The second kappa shape index (κ2) is 6.48. The first-order chi connectivity index (χ1) is 12.0. The van der Waals surface area contributed by atoms with Gasteiger partial charge in [0.1, 0.15) is 11.4 Å². The minimum Gasteiger partial charge on any atom is -0.505 e. The molecule has 0 radical (unpaired) electrons. The van der Waals surface area contributed by atoms with Crippen LogP contribution in [0.25, 0.3) is 0 Å². The molecule has 2 aromatic carbocycles. The fourth-order valence-electron chi connectivity index (χ4n) is 2.26. The minimum absolute atomic E-state index is 0.107. The van der Waals surface area contributed by atoms with Crippen LogP contribution in [0.2, 0.25) is 0 Å². The van der Waals surface area contributed by atoms with Crippen LogP contribution in [0.1, 0.15) is 12.0 Å². The summed E-state index contributed by atoms with van der Waals surface area (Å²) in [4.78, 5) is 21.7. The van der Waals surface area contributed by atoms with E-state index in [1.165, 1.54) is 17.1 Å². The summed E-state index contributed by atoms with van der Waals surface area (Å²) in [5, 5.41) is 33.7. The maximum Gasteiger partial charge on any atom is 0.273 e. The predicted octanol–water partition coefficient (Wildman–Crippen LogP) is 3.75. The van der Waals surface area contributed by atoms with E-state index in [1.807, 2.05) is 0 Å². The molecular formula is C16H13N5O4. The Balaban J connectivity index is 1.83. The summed E-state index contributed by atoms with van der Waals surface area (Å²) >= 11 is 0. The van der Waals surface area contributed by atoms with Crippen molar-refractivity contribution in [3.05, 3.63) is 52.1 Å². The van der Waals surface area contributed by atoms with Crippen molar-refractivity contribution in [3.63, 3.8) is 0 Å². The quantitative estimate of drug-likeness (QED) is 0.518. The molecule has 1 aliphatic heterocycles. The van der Waals surface area contributed by atoms with Crippen molar-refractivity contribution in [2.24, 2.45) is 15.3 Å². The van der Waals surface area contributed by atoms with Crippen molar-refractivity contribution in [2.75, 3.05) is 5.01 Å². The number of phenolic OH excluding ortho intramolecular Hbond substituents is 1. The summed E-state index contributed by atoms with van der Waals surface area (Å²) in [5.74, 6) is -0.436. The van der Waals surface area contributed by atoms with E-state index < -0.39 is 4.92 Å². The third-order valence-corrected chi connectivity index (χ3v) is 3.56. The van der Waals surface area contributed by atoms with Gasteiger partial charge in [-0.05, 0) is 36.8 Å². The average molecular weight is 339 g/mol. The third-order valence-electron chi connectivity index (χ3n) is 3.56. The lowest BCUT2D eigenvalue weighted by atomic mass is 10.2. The molecule has 2 aromatic rings. The Kier molecular flexibility index (Phi) is 4.21. The lowest BCUT2D eigenvalue weighted by Crippen LogP contribution is -2.19. The molecule has 0 spiro atoms. The van der Waals surface area contributed by atoms with Crippen molar-refractivity contribution in [2.45, 2.75) is 13.3 Å². The highest BCUT2D eigenvalue weighted by Crippen LogP contribution is 2.33. The van der Waals surface area contributed by atoms with Gasteiger partial charge < -0.3 is 5.11 Å². The number of carbonyl (C=O) groups is 1. The van der Waals surface area contributed by atoms with E-state index in [2.05, 4.69) is 15.3 Å². The highest BCUT2D eigenvalue weighted by atomic mass is 16.6. The first kappa shape index (κ1) is 16.2. The van der Waals surface area contributed by atoms with Gasteiger partial charge in [-0.1, -0.05) is 0 Å². The number of azo groups is 1. The van der Waals surface area contributed by atoms with Gasteiger partial charge in [-0.3, -0.25) is 14.9 Å². The number of nitrogens with zero attached hydrogens (tertiary/aromatic N) is 5. The number of carbonyl (C=O) groups excluding carboxylic acids is 1. The van der Waals surface area contributed by atoms with E-state index in [0.29, 0.717) is 11.4 Å². The SMILES string of the molecule is Cc1cc(N2N=CCC2=O)ccc1N=Nc1ccc([N+](=O)[O-])cc1O. The van der Waals surface area contributed by atoms with Gasteiger partial charge in [0, 0.05) is 12.3 Å². The second-order valence-corrected chi connectivity index (χ2v) is 5.31. The number of aryl methyl sites for hydroxylation is 1. The highest BCUT2D eigenvalue weighted by Gasteiger charge is 2.19. The van der Waals surface area contributed by atoms with Crippen molar-refractivity contribution in [1.82, 2.24) is 0 Å². The number of hydrogen-bond acceptors (Lipinski definition) is 7. The molecule has 9 heteroatoms. The van der Waals surface area contributed by atoms with Crippen LogP contribution in [0.3, 0.4) is 0 Å². The molecule has 0 atom stereocenters. The Morgan fingerprint density at radius 3 is 2.52 bits per heavy atom. The number of anilines is 1. The maximum absolute atomic E-state index is 11.7. The van der Waals surface area contributed by atoms with Crippen molar-refractivity contribution < 1.29 is 14.8 Å². The molecule has 0 saturated carbocycles. The average Bonchev–Trinajstić information content (AvgIpc) is 3.00. The lowest BCUT2D eigenvalue weighted by Gasteiger charge is -2.12. The Labute approximate surface area is 142 Å². The van der Waals surface area contributed by atoms with Gasteiger partial charge in [-0.25, -0.2) is 5.01 Å². The smallest absolute Gasteiger partial charge is 0.273 e. The first-order valence-corrected chi connectivity index (χ1v) is 7.31. The van der Waals surface area contributed by atoms with Crippen LogP contribution in [0.15, 0.2) is 51.7 Å². The molecule has 1 N–H and O–H groups in total. The standard InChI is InChI=1S/C16H13N5O4/c1-10-8-11(20-16(23)6-7-17-20)2-4-13(10)18-19-14-5-3-12(21(24)25)9-15(14)22/h2-5,7-9,22H,6H2,1H3. The van der Waals surface area contributed by atoms with E-state index in [9.17, 15) is 20.0 Å². The zero-order chi connectivity index (χ0) is 18.0. The molecule has 0 unspecified atom stereocenters. The van der Waals surface area contributed by atoms with Crippen LogP contribution in [0.4, 0.5) is 22.7 Å². The second-order valence-electron chi connectivity index (χ2n) is 5.31. The maximum atomic E-state index is 11.7. The summed E-state index contributed by atoms with van der Waals surface area (Å²) in [6.45, 7) is 1.80. The normalized spacial score (nSPS) is 13.8. The number of rotatable bonds is 4. The van der Waals surface area contributed by atoms with Gasteiger partial charge >= 0.3 is 0 Å². The number of nitro benzene ring substituents is 1. The molecular weight excluding hydrogens is 326 g/mol. The molecule has 1 amide bonds. The van der Waals surface area contributed by atoms with Crippen LogP contribution in [-0.4, -0.2) is 22.2 Å². The number of benzene rings is 2. The van der Waals surface area contributed by atoms with Crippen LogP contribution in [0.5, 0.6) is 5.75 Å². The van der Waals surface area contributed by atoms with Crippen LogP contribution < -0.4 is 5.01 Å².